The van der Waals surface area contributed by atoms with E-state index in [1.165, 1.54) is 24.0 Å². The summed E-state index contributed by atoms with van der Waals surface area (Å²) in [6, 6.07) is 38.3. The maximum atomic E-state index is 11.5. The van der Waals surface area contributed by atoms with Crippen LogP contribution in [0.3, 0.4) is 0 Å². The fourth-order valence-corrected chi connectivity index (χ4v) is 6.35. The van der Waals surface area contributed by atoms with E-state index in [0.717, 1.165) is 52.1 Å². The Morgan fingerprint density at radius 3 is 2.02 bits per heavy atom. The van der Waals surface area contributed by atoms with E-state index in [4.69, 9.17) is 28.2 Å². The summed E-state index contributed by atoms with van der Waals surface area (Å²) >= 11 is 12.5. The van der Waals surface area contributed by atoms with Crippen molar-refractivity contribution in [1.82, 2.24) is 9.55 Å². The van der Waals surface area contributed by atoms with E-state index in [2.05, 4.69) is 59.2 Å². The van der Waals surface area contributed by atoms with Crippen LogP contribution < -0.4 is 0 Å². The molecule has 4 nitrogen and oxygen atoms in total. The summed E-state index contributed by atoms with van der Waals surface area (Å²) in [6.45, 7) is 0.803. The quantitative estimate of drug-likeness (QED) is 0.164. The summed E-state index contributed by atoms with van der Waals surface area (Å²) in [7, 11) is 0. The molecule has 1 N–H and O–H groups in total. The smallest absolute Gasteiger partial charge is 0.335 e. The molecule has 0 spiro atoms. The third kappa shape index (κ3) is 5.88. The predicted molar refractivity (Wildman–Crippen MR) is 178 cm³/mol. The third-order valence-electron chi connectivity index (χ3n) is 8.48. The number of aromatic carboxylic acids is 1. The molecule has 7 rings (SSSR count). The van der Waals surface area contributed by atoms with E-state index in [-0.39, 0.29) is 11.5 Å². The minimum absolute atomic E-state index is 0.0138. The van der Waals surface area contributed by atoms with Crippen LogP contribution in [0.2, 0.25) is 10.0 Å². The standard InChI is InChI=1S/C38H30Cl2N2O2/c39-32-14-9-25(10-15-32)36(26-11-16-33(40)17-12-26)30-13-18-34-35(23-30)42(37(41-34)27-7-8-27)20-19-24-3-1-4-28(21-24)29-5-2-6-31(22-29)38(43)44/h1-6,9-18,21-23,27,36H,7-8,19-20H2,(H,43,44). The molecule has 6 aromatic rings. The van der Waals surface area contributed by atoms with Crippen molar-refractivity contribution in [1.29, 1.82) is 0 Å². The maximum Gasteiger partial charge on any atom is 0.335 e. The van der Waals surface area contributed by atoms with Gasteiger partial charge in [0.15, 0.2) is 0 Å². The molecule has 0 saturated heterocycles. The molecule has 0 atom stereocenters. The van der Waals surface area contributed by atoms with Crippen LogP contribution in [0.4, 0.5) is 0 Å². The van der Waals surface area contributed by atoms with E-state index in [1.54, 1.807) is 18.2 Å². The molecule has 1 aromatic heterocycles. The van der Waals surface area contributed by atoms with Gasteiger partial charge >= 0.3 is 5.97 Å². The zero-order valence-corrected chi connectivity index (χ0v) is 25.5. The van der Waals surface area contributed by atoms with E-state index >= 15 is 0 Å². The predicted octanol–water partition coefficient (Wildman–Crippen LogP) is 10.0. The van der Waals surface area contributed by atoms with Crippen LogP contribution in [0, 0.1) is 0 Å². The summed E-state index contributed by atoms with van der Waals surface area (Å²) in [5.74, 6) is 0.757. The average Bonchev–Trinajstić information content (AvgIpc) is 3.83. The zero-order valence-electron chi connectivity index (χ0n) is 24.0. The summed E-state index contributed by atoms with van der Waals surface area (Å²) < 4.78 is 2.41. The average molecular weight is 618 g/mol. The number of carbonyl (C=O) groups is 1. The van der Waals surface area contributed by atoms with Crippen LogP contribution in [0.25, 0.3) is 22.2 Å². The van der Waals surface area contributed by atoms with Crippen molar-refractivity contribution < 1.29 is 9.90 Å². The molecule has 0 bridgehead atoms. The summed E-state index contributed by atoms with van der Waals surface area (Å²) in [5, 5.41) is 10.9. The fourth-order valence-electron chi connectivity index (χ4n) is 6.09. The summed E-state index contributed by atoms with van der Waals surface area (Å²) in [5.41, 5.74) is 9.07. The van der Waals surface area contributed by atoms with Gasteiger partial charge < -0.3 is 9.67 Å². The molecule has 5 aromatic carbocycles. The topological polar surface area (TPSA) is 55.1 Å². The third-order valence-corrected chi connectivity index (χ3v) is 8.98. The number of rotatable bonds is 9. The normalized spacial score (nSPS) is 13.1. The van der Waals surface area contributed by atoms with Crippen molar-refractivity contribution in [3.63, 3.8) is 0 Å². The number of hydrogen-bond donors (Lipinski definition) is 1. The van der Waals surface area contributed by atoms with Gasteiger partial charge in [0.05, 0.1) is 16.6 Å². The molecule has 1 fully saturated rings. The molecule has 0 unspecified atom stereocenters. The van der Waals surface area contributed by atoms with Crippen molar-refractivity contribution in [3.8, 4) is 11.1 Å². The van der Waals surface area contributed by atoms with Crippen LogP contribution in [-0.4, -0.2) is 20.6 Å². The number of imidazole rings is 1. The Bertz CT molecular complexity index is 1930. The van der Waals surface area contributed by atoms with Crippen LogP contribution in [0.5, 0.6) is 0 Å². The van der Waals surface area contributed by atoms with E-state index in [0.29, 0.717) is 16.0 Å². The van der Waals surface area contributed by atoms with Gasteiger partial charge in [0.1, 0.15) is 5.82 Å². The first-order valence-electron chi connectivity index (χ1n) is 14.9. The lowest BCUT2D eigenvalue weighted by Gasteiger charge is -2.20. The first-order chi connectivity index (χ1) is 21.4. The first kappa shape index (κ1) is 28.4. The second kappa shape index (κ2) is 12.0. The fraction of sp³-hybridized carbons (Fsp3) is 0.158. The number of aromatic nitrogens is 2. The molecule has 0 aliphatic heterocycles. The van der Waals surface area contributed by atoms with Gasteiger partial charge in [-0.05, 0) is 101 Å². The molecule has 1 aliphatic rings. The minimum Gasteiger partial charge on any atom is -0.478 e. The zero-order chi connectivity index (χ0) is 30.2. The minimum atomic E-state index is -0.920. The van der Waals surface area contributed by atoms with Gasteiger partial charge in [-0.3, -0.25) is 0 Å². The second-order valence-corrected chi connectivity index (χ2v) is 12.4. The Morgan fingerprint density at radius 2 is 1.39 bits per heavy atom. The number of nitrogens with zero attached hydrogens (tertiary/aromatic N) is 2. The van der Waals surface area contributed by atoms with E-state index in [1.807, 2.05) is 42.5 Å². The molecule has 1 aliphatic carbocycles. The monoisotopic (exact) mass is 616 g/mol. The van der Waals surface area contributed by atoms with Crippen molar-refractivity contribution in [2.24, 2.45) is 0 Å². The lowest BCUT2D eigenvalue weighted by atomic mass is 9.85. The van der Waals surface area contributed by atoms with Crippen LogP contribution in [-0.2, 0) is 13.0 Å². The van der Waals surface area contributed by atoms with Gasteiger partial charge in [-0.1, -0.05) is 89.9 Å². The van der Waals surface area contributed by atoms with Crippen molar-refractivity contribution >= 4 is 40.2 Å². The van der Waals surface area contributed by atoms with Gasteiger partial charge in [-0.15, -0.1) is 0 Å². The molecule has 1 saturated carbocycles. The van der Waals surface area contributed by atoms with Crippen molar-refractivity contribution in [2.45, 2.75) is 37.6 Å². The van der Waals surface area contributed by atoms with Gasteiger partial charge in [-0.2, -0.15) is 0 Å². The van der Waals surface area contributed by atoms with Gasteiger partial charge in [-0.25, -0.2) is 9.78 Å². The van der Waals surface area contributed by atoms with E-state index < -0.39 is 5.97 Å². The van der Waals surface area contributed by atoms with Crippen LogP contribution in [0.1, 0.15) is 63.1 Å². The van der Waals surface area contributed by atoms with E-state index in [9.17, 15) is 9.90 Å². The largest absolute Gasteiger partial charge is 0.478 e. The number of carboxylic acids is 1. The number of fused-ring (bicyclic) bond motifs is 1. The summed E-state index contributed by atoms with van der Waals surface area (Å²) in [4.78, 5) is 16.6. The molecule has 6 heteroatoms. The number of halogens is 2. The number of carboxylic acid groups (broad SMARTS) is 1. The Kier molecular flexibility index (Phi) is 7.71. The van der Waals surface area contributed by atoms with Gasteiger partial charge in [0, 0.05) is 28.4 Å². The van der Waals surface area contributed by atoms with Gasteiger partial charge in [0.25, 0.3) is 0 Å². The number of aryl methyl sites for hydroxylation is 2. The van der Waals surface area contributed by atoms with Crippen molar-refractivity contribution in [3.05, 3.63) is 159 Å². The summed E-state index contributed by atoms with van der Waals surface area (Å²) in [6.07, 6.45) is 3.17. The lowest BCUT2D eigenvalue weighted by Crippen LogP contribution is -2.07. The second-order valence-electron chi connectivity index (χ2n) is 11.5. The number of benzene rings is 5. The molecular formula is C38H30Cl2N2O2. The first-order valence-corrected chi connectivity index (χ1v) is 15.6. The molecule has 0 amide bonds. The molecule has 0 radical (unpaired) electrons. The highest BCUT2D eigenvalue weighted by Crippen LogP contribution is 2.42. The molecule has 1 heterocycles. The highest BCUT2D eigenvalue weighted by Gasteiger charge is 2.30. The molecular weight excluding hydrogens is 587 g/mol. The van der Waals surface area contributed by atoms with Crippen LogP contribution >= 0.6 is 23.2 Å². The Morgan fingerprint density at radius 1 is 0.773 bits per heavy atom. The maximum absolute atomic E-state index is 11.5. The lowest BCUT2D eigenvalue weighted by molar-refractivity contribution is 0.0697. The Balaban J connectivity index is 1.25. The Hall–Kier alpha value is -4.38. The highest BCUT2D eigenvalue weighted by atomic mass is 35.5. The highest BCUT2D eigenvalue weighted by molar-refractivity contribution is 6.30. The SMILES string of the molecule is O=C(O)c1cccc(-c2cccc(CCn3c(C4CC4)nc4ccc(C(c5ccc(Cl)cc5)c5ccc(Cl)cc5)cc43)c2)c1. The van der Waals surface area contributed by atoms with Gasteiger partial charge in [0.2, 0.25) is 0 Å². The number of hydrogen-bond acceptors (Lipinski definition) is 2. The Labute approximate surface area is 266 Å². The molecule has 218 valence electrons. The van der Waals surface area contributed by atoms with Crippen LogP contribution in [0.15, 0.2) is 115 Å². The molecule has 44 heavy (non-hydrogen) atoms. The van der Waals surface area contributed by atoms with Crippen molar-refractivity contribution in [2.75, 3.05) is 0 Å².